The van der Waals surface area contributed by atoms with Crippen molar-refractivity contribution >= 4 is 46.2 Å². The average Bonchev–Trinajstić information content (AvgIpc) is 3.53. The number of aliphatic hydroxyl groups excluding tert-OH is 1. The van der Waals surface area contributed by atoms with Crippen LogP contribution in [0.3, 0.4) is 0 Å². The highest BCUT2D eigenvalue weighted by atomic mass is 16.3. The molecule has 198 valence electrons. The van der Waals surface area contributed by atoms with Crippen LogP contribution < -0.4 is 9.80 Å². The fourth-order valence-corrected chi connectivity index (χ4v) is 6.13. The number of fused-ring (bicyclic) bond motifs is 3. The number of hydrogen-bond donors (Lipinski definition) is 1. The first-order valence-electron chi connectivity index (χ1n) is 13.1. The molecular formula is C34H22N2O5. The number of aryl methyl sites for hydroxylation is 1. The van der Waals surface area contributed by atoms with Crippen LogP contribution >= 0.6 is 0 Å². The maximum absolute atomic E-state index is 15.0. The van der Waals surface area contributed by atoms with E-state index in [0.29, 0.717) is 22.5 Å². The van der Waals surface area contributed by atoms with E-state index in [1.54, 1.807) is 109 Å². The largest absolute Gasteiger partial charge is 0.507 e. The first-order chi connectivity index (χ1) is 19.9. The molecule has 0 saturated carbocycles. The molecule has 2 amide bonds. The quantitative estimate of drug-likeness (QED) is 0.218. The standard InChI is InChI=1S/C34H22N2O5/c1-20-16-18-21(19-17-20)29(37)27-31(39)32(40)36(23-12-6-3-7-13-23)34(27)26-28(24-14-8-9-15-25(24)30(26)38)35(33(34)41)22-10-4-2-5-11-22/h2-19,37H,1H3/b29-27+. The SMILES string of the molecule is Cc1ccc(/C(O)=C2/C(=O)C(=O)N(c3ccccc3)C23C(=O)N(c2ccccc2)C2=C3C(=O)c3ccccc32)cc1. The number of anilines is 2. The molecule has 1 aliphatic carbocycles. The lowest BCUT2D eigenvalue weighted by molar-refractivity contribution is -0.132. The van der Waals surface area contributed by atoms with Crippen LogP contribution in [0, 0.1) is 6.92 Å². The van der Waals surface area contributed by atoms with Crippen molar-refractivity contribution in [1.29, 1.82) is 0 Å². The first-order valence-corrected chi connectivity index (χ1v) is 13.1. The van der Waals surface area contributed by atoms with Crippen LogP contribution in [0.4, 0.5) is 11.4 Å². The van der Waals surface area contributed by atoms with Gasteiger partial charge in [0.15, 0.2) is 11.3 Å². The van der Waals surface area contributed by atoms with Crippen molar-refractivity contribution in [1.82, 2.24) is 0 Å². The molecule has 2 aliphatic heterocycles. The molecule has 1 atom stereocenters. The summed E-state index contributed by atoms with van der Waals surface area (Å²) >= 11 is 0. The van der Waals surface area contributed by atoms with Crippen LogP contribution in [0.5, 0.6) is 0 Å². The minimum absolute atomic E-state index is 0.0377. The van der Waals surface area contributed by atoms with Gasteiger partial charge in [0.2, 0.25) is 0 Å². The summed E-state index contributed by atoms with van der Waals surface area (Å²) in [5.74, 6) is -3.77. The molecule has 41 heavy (non-hydrogen) atoms. The molecule has 4 aromatic rings. The zero-order chi connectivity index (χ0) is 28.5. The van der Waals surface area contributed by atoms with Crippen molar-refractivity contribution in [3.63, 3.8) is 0 Å². The van der Waals surface area contributed by atoms with Gasteiger partial charge < -0.3 is 5.11 Å². The number of benzene rings is 4. The number of carbonyl (C=O) groups excluding carboxylic acids is 4. The number of hydrogen-bond acceptors (Lipinski definition) is 5. The third-order valence-electron chi connectivity index (χ3n) is 7.90. The van der Waals surface area contributed by atoms with Crippen LogP contribution in [-0.4, -0.2) is 34.0 Å². The van der Waals surface area contributed by atoms with Gasteiger partial charge in [-0.1, -0.05) is 90.5 Å². The molecule has 7 rings (SSSR count). The summed E-state index contributed by atoms with van der Waals surface area (Å²) in [7, 11) is 0. The monoisotopic (exact) mass is 538 g/mol. The molecular weight excluding hydrogens is 516 g/mol. The van der Waals surface area contributed by atoms with Gasteiger partial charge in [-0.05, 0) is 31.2 Å². The molecule has 7 nitrogen and oxygen atoms in total. The third-order valence-corrected chi connectivity index (χ3v) is 7.90. The van der Waals surface area contributed by atoms with Crippen molar-refractivity contribution in [2.24, 2.45) is 0 Å². The Morgan fingerprint density at radius 2 is 1.22 bits per heavy atom. The summed E-state index contributed by atoms with van der Waals surface area (Å²) in [6, 6.07) is 30.7. The topological polar surface area (TPSA) is 95.0 Å². The Bertz CT molecular complexity index is 1870. The Hall–Kier alpha value is -5.56. The molecule has 1 unspecified atom stereocenters. The van der Waals surface area contributed by atoms with Gasteiger partial charge in [-0.25, -0.2) is 0 Å². The maximum Gasteiger partial charge on any atom is 0.300 e. The van der Waals surface area contributed by atoms with Crippen LogP contribution in [0.25, 0.3) is 11.5 Å². The van der Waals surface area contributed by atoms with Gasteiger partial charge in [0.25, 0.3) is 11.7 Å². The fourth-order valence-electron chi connectivity index (χ4n) is 6.13. The molecule has 4 aromatic carbocycles. The number of carbonyl (C=O) groups is 4. The number of Topliss-reactive ketones (excluding diaryl/α,β-unsaturated/α-hetero) is 2. The summed E-state index contributed by atoms with van der Waals surface area (Å²) in [5.41, 5.74) is 0.297. The molecule has 0 radical (unpaired) electrons. The predicted octanol–water partition coefficient (Wildman–Crippen LogP) is 5.27. The number of amides is 2. The number of ketones is 2. The van der Waals surface area contributed by atoms with E-state index in [1.165, 1.54) is 4.90 Å². The molecule has 0 aromatic heterocycles. The lowest BCUT2D eigenvalue weighted by atomic mass is 9.79. The third kappa shape index (κ3) is 3.14. The number of nitrogens with zero attached hydrogens (tertiary/aromatic N) is 2. The van der Waals surface area contributed by atoms with Gasteiger partial charge in [-0.15, -0.1) is 0 Å². The Morgan fingerprint density at radius 3 is 1.85 bits per heavy atom. The van der Waals surface area contributed by atoms with Gasteiger partial charge in [0.05, 0.1) is 16.8 Å². The maximum atomic E-state index is 15.0. The van der Waals surface area contributed by atoms with E-state index in [9.17, 15) is 19.5 Å². The van der Waals surface area contributed by atoms with E-state index in [-0.39, 0.29) is 16.8 Å². The highest BCUT2D eigenvalue weighted by Gasteiger charge is 2.71. The highest BCUT2D eigenvalue weighted by molar-refractivity contribution is 6.58. The lowest BCUT2D eigenvalue weighted by Crippen LogP contribution is -2.57. The Kier molecular flexibility index (Phi) is 5.21. The second-order valence-electron chi connectivity index (χ2n) is 10.2. The number of para-hydroxylation sites is 2. The van der Waals surface area contributed by atoms with Crippen LogP contribution in [0.2, 0.25) is 0 Å². The smallest absolute Gasteiger partial charge is 0.300 e. The molecule has 1 spiro atoms. The Morgan fingerprint density at radius 1 is 0.659 bits per heavy atom. The molecule has 1 fully saturated rings. The average molecular weight is 539 g/mol. The second kappa shape index (κ2) is 8.72. The molecule has 7 heteroatoms. The predicted molar refractivity (Wildman–Crippen MR) is 154 cm³/mol. The van der Waals surface area contributed by atoms with Crippen molar-refractivity contribution in [2.75, 3.05) is 9.80 Å². The second-order valence-corrected chi connectivity index (χ2v) is 10.2. The van der Waals surface area contributed by atoms with Crippen molar-refractivity contribution in [3.8, 4) is 0 Å². The van der Waals surface area contributed by atoms with Gasteiger partial charge >= 0.3 is 5.91 Å². The zero-order valence-electron chi connectivity index (χ0n) is 21.9. The van der Waals surface area contributed by atoms with E-state index in [2.05, 4.69) is 0 Å². The van der Waals surface area contributed by atoms with Gasteiger partial charge in [-0.3, -0.25) is 29.0 Å². The molecule has 3 aliphatic rings. The minimum Gasteiger partial charge on any atom is -0.507 e. The van der Waals surface area contributed by atoms with E-state index >= 15 is 4.79 Å². The van der Waals surface area contributed by atoms with Crippen LogP contribution in [0.15, 0.2) is 120 Å². The molecule has 0 bridgehead atoms. The van der Waals surface area contributed by atoms with Gasteiger partial charge in [-0.2, -0.15) is 0 Å². The summed E-state index contributed by atoms with van der Waals surface area (Å²) in [6.07, 6.45) is 0. The summed E-state index contributed by atoms with van der Waals surface area (Å²) in [4.78, 5) is 59.7. The van der Waals surface area contributed by atoms with Crippen molar-refractivity contribution in [3.05, 3.63) is 143 Å². The van der Waals surface area contributed by atoms with E-state index < -0.39 is 40.3 Å². The van der Waals surface area contributed by atoms with Gasteiger partial charge in [0, 0.05) is 28.1 Å². The molecule has 1 saturated heterocycles. The minimum atomic E-state index is -2.24. The van der Waals surface area contributed by atoms with E-state index in [1.807, 2.05) is 6.92 Å². The fraction of sp³-hybridized carbons (Fsp3) is 0.0588. The molecule has 2 heterocycles. The van der Waals surface area contributed by atoms with E-state index in [4.69, 9.17) is 0 Å². The Labute approximate surface area is 235 Å². The van der Waals surface area contributed by atoms with E-state index in [0.717, 1.165) is 10.5 Å². The summed E-state index contributed by atoms with van der Waals surface area (Å²) in [6.45, 7) is 1.88. The number of aliphatic hydroxyl groups is 1. The van der Waals surface area contributed by atoms with Crippen molar-refractivity contribution < 1.29 is 24.3 Å². The van der Waals surface area contributed by atoms with Crippen molar-refractivity contribution in [2.45, 2.75) is 12.5 Å². The normalized spacial score (nSPS) is 20.8. The zero-order valence-corrected chi connectivity index (χ0v) is 21.9. The summed E-state index contributed by atoms with van der Waals surface area (Å²) in [5, 5.41) is 11.8. The highest BCUT2D eigenvalue weighted by Crippen LogP contribution is 2.57. The molecule has 1 N–H and O–H groups in total. The van der Waals surface area contributed by atoms with Gasteiger partial charge in [0.1, 0.15) is 5.76 Å². The Balaban J connectivity index is 1.63. The van der Waals surface area contributed by atoms with Crippen LogP contribution in [-0.2, 0) is 14.4 Å². The number of rotatable bonds is 3. The summed E-state index contributed by atoms with van der Waals surface area (Å²) < 4.78 is 0. The lowest BCUT2D eigenvalue weighted by Gasteiger charge is -2.36. The first kappa shape index (κ1) is 24.5. The van der Waals surface area contributed by atoms with Crippen LogP contribution in [0.1, 0.15) is 27.0 Å².